The van der Waals surface area contributed by atoms with Crippen LogP contribution in [0.25, 0.3) is 0 Å². The first-order valence-corrected chi connectivity index (χ1v) is 9.05. The standard InChI is InChI=1S/C19H25F2NO4/c20-18(21)11-15(10-16(18)23)19(25,14-4-2-1-3-5-14)17(24)26-12-13-6-8-22-9-7-13/h1-5,13,15-16,22-23,25H,6-12H2. The summed E-state index contributed by atoms with van der Waals surface area (Å²) in [4.78, 5) is 12.8. The van der Waals surface area contributed by atoms with E-state index in [-0.39, 0.29) is 24.5 Å². The molecule has 3 N–H and O–H groups in total. The van der Waals surface area contributed by atoms with Gasteiger partial charge in [0.15, 0.2) is 5.60 Å². The highest BCUT2D eigenvalue weighted by molar-refractivity contribution is 5.81. The molecule has 0 amide bonds. The number of benzene rings is 1. The highest BCUT2D eigenvalue weighted by atomic mass is 19.3. The Morgan fingerprint density at radius 1 is 1.27 bits per heavy atom. The number of alkyl halides is 2. The lowest BCUT2D eigenvalue weighted by molar-refractivity contribution is -0.176. The molecule has 3 rings (SSSR count). The lowest BCUT2D eigenvalue weighted by Gasteiger charge is -2.33. The molecular weight excluding hydrogens is 344 g/mol. The van der Waals surface area contributed by atoms with E-state index in [1.54, 1.807) is 18.2 Å². The third-order valence-corrected chi connectivity index (χ3v) is 5.54. The average molecular weight is 369 g/mol. The molecule has 5 nitrogen and oxygen atoms in total. The maximum atomic E-state index is 13.9. The fourth-order valence-electron chi connectivity index (χ4n) is 3.87. The van der Waals surface area contributed by atoms with E-state index < -0.39 is 35.9 Å². The second-order valence-electron chi connectivity index (χ2n) is 7.34. The predicted octanol–water partition coefficient (Wildman–Crippen LogP) is 1.82. The number of nitrogens with one attached hydrogen (secondary N) is 1. The van der Waals surface area contributed by atoms with Crippen LogP contribution in [0.2, 0.25) is 0 Å². The van der Waals surface area contributed by atoms with E-state index in [0.717, 1.165) is 25.9 Å². The molecule has 2 fully saturated rings. The lowest BCUT2D eigenvalue weighted by Crippen LogP contribution is -2.45. The molecule has 0 bridgehead atoms. The van der Waals surface area contributed by atoms with Crippen LogP contribution in [-0.4, -0.2) is 47.9 Å². The number of esters is 1. The van der Waals surface area contributed by atoms with Crippen molar-refractivity contribution < 1.29 is 28.5 Å². The van der Waals surface area contributed by atoms with Gasteiger partial charge in [-0.2, -0.15) is 0 Å². The van der Waals surface area contributed by atoms with Gasteiger partial charge >= 0.3 is 5.97 Å². The van der Waals surface area contributed by atoms with E-state index in [1.165, 1.54) is 12.1 Å². The Bertz CT molecular complexity index is 621. The summed E-state index contributed by atoms with van der Waals surface area (Å²) in [6.45, 7) is 1.83. The van der Waals surface area contributed by atoms with Crippen molar-refractivity contribution in [2.24, 2.45) is 11.8 Å². The summed E-state index contributed by atoms with van der Waals surface area (Å²) >= 11 is 0. The molecule has 1 aromatic rings. The predicted molar refractivity (Wildman–Crippen MR) is 90.6 cm³/mol. The number of rotatable bonds is 5. The quantitative estimate of drug-likeness (QED) is 0.690. The first-order chi connectivity index (χ1) is 12.3. The summed E-state index contributed by atoms with van der Waals surface area (Å²) in [5.74, 6) is -5.17. The first-order valence-electron chi connectivity index (χ1n) is 9.05. The molecule has 1 aromatic carbocycles. The smallest absolute Gasteiger partial charge is 0.343 e. The van der Waals surface area contributed by atoms with Crippen LogP contribution in [0.4, 0.5) is 8.78 Å². The van der Waals surface area contributed by atoms with Crippen LogP contribution >= 0.6 is 0 Å². The molecule has 0 aromatic heterocycles. The molecule has 3 atom stereocenters. The van der Waals surface area contributed by atoms with E-state index in [4.69, 9.17) is 4.74 Å². The van der Waals surface area contributed by atoms with Crippen LogP contribution in [0.3, 0.4) is 0 Å². The minimum atomic E-state index is -3.33. The van der Waals surface area contributed by atoms with Crippen LogP contribution in [0.15, 0.2) is 30.3 Å². The minimum absolute atomic E-state index is 0.154. The highest BCUT2D eigenvalue weighted by Gasteiger charge is 2.58. The molecule has 1 saturated carbocycles. The summed E-state index contributed by atoms with van der Waals surface area (Å²) < 4.78 is 33.1. The van der Waals surface area contributed by atoms with Gasteiger partial charge in [0.2, 0.25) is 0 Å². The maximum Gasteiger partial charge on any atom is 0.343 e. The Balaban J connectivity index is 1.80. The van der Waals surface area contributed by atoms with Crippen molar-refractivity contribution in [1.29, 1.82) is 0 Å². The molecule has 1 heterocycles. The number of hydrogen-bond acceptors (Lipinski definition) is 5. The maximum absolute atomic E-state index is 13.9. The molecule has 3 unspecified atom stereocenters. The van der Waals surface area contributed by atoms with Gasteiger partial charge < -0.3 is 20.3 Å². The molecule has 144 valence electrons. The van der Waals surface area contributed by atoms with E-state index in [9.17, 15) is 23.8 Å². The number of piperidine rings is 1. The number of hydrogen-bond donors (Lipinski definition) is 3. The average Bonchev–Trinajstić information content (AvgIpc) is 2.93. The van der Waals surface area contributed by atoms with Gasteiger partial charge in [-0.25, -0.2) is 13.6 Å². The molecule has 26 heavy (non-hydrogen) atoms. The Hall–Kier alpha value is -1.57. The van der Waals surface area contributed by atoms with Gasteiger partial charge in [0, 0.05) is 12.3 Å². The monoisotopic (exact) mass is 369 g/mol. The number of carbonyl (C=O) groups excluding carboxylic acids is 1. The Labute approximate surface area is 151 Å². The topological polar surface area (TPSA) is 78.8 Å². The number of ether oxygens (including phenoxy) is 1. The Morgan fingerprint density at radius 3 is 2.50 bits per heavy atom. The zero-order valence-corrected chi connectivity index (χ0v) is 14.5. The van der Waals surface area contributed by atoms with Gasteiger partial charge in [-0.3, -0.25) is 0 Å². The van der Waals surface area contributed by atoms with E-state index in [1.807, 2.05) is 0 Å². The normalized spacial score (nSPS) is 28.5. The zero-order valence-electron chi connectivity index (χ0n) is 14.5. The van der Waals surface area contributed by atoms with Gasteiger partial charge in [0.05, 0.1) is 6.61 Å². The van der Waals surface area contributed by atoms with Crippen molar-refractivity contribution >= 4 is 5.97 Å². The molecule has 0 spiro atoms. The molecule has 1 aliphatic carbocycles. The van der Waals surface area contributed by atoms with Crippen molar-refractivity contribution in [2.45, 2.75) is 43.3 Å². The highest BCUT2D eigenvalue weighted by Crippen LogP contribution is 2.48. The van der Waals surface area contributed by atoms with Crippen LogP contribution in [0.5, 0.6) is 0 Å². The second kappa shape index (κ2) is 7.58. The van der Waals surface area contributed by atoms with Gasteiger partial charge in [-0.05, 0) is 43.8 Å². The van der Waals surface area contributed by atoms with Crippen LogP contribution in [0, 0.1) is 11.8 Å². The molecular formula is C19H25F2NO4. The Kier molecular flexibility index (Phi) is 5.60. The number of carbonyl (C=O) groups is 1. The SMILES string of the molecule is O=C(OCC1CCNCC1)C(O)(c1ccccc1)C1CC(O)C(F)(F)C1. The van der Waals surface area contributed by atoms with Gasteiger partial charge in [0.25, 0.3) is 5.92 Å². The van der Waals surface area contributed by atoms with Crippen LogP contribution in [0.1, 0.15) is 31.2 Å². The van der Waals surface area contributed by atoms with E-state index in [2.05, 4.69) is 5.32 Å². The third kappa shape index (κ3) is 3.75. The van der Waals surface area contributed by atoms with Crippen molar-refractivity contribution in [3.63, 3.8) is 0 Å². The first kappa shape index (κ1) is 19.2. The molecule has 7 heteroatoms. The van der Waals surface area contributed by atoms with Gasteiger partial charge in [-0.1, -0.05) is 30.3 Å². The zero-order chi connectivity index (χ0) is 18.8. The van der Waals surface area contributed by atoms with Crippen LogP contribution < -0.4 is 5.32 Å². The fourth-order valence-corrected chi connectivity index (χ4v) is 3.87. The Morgan fingerprint density at radius 2 is 1.92 bits per heavy atom. The number of aliphatic hydroxyl groups is 2. The van der Waals surface area contributed by atoms with Crippen molar-refractivity contribution in [1.82, 2.24) is 5.32 Å². The summed E-state index contributed by atoms with van der Waals surface area (Å²) in [6, 6.07) is 8.01. The third-order valence-electron chi connectivity index (χ3n) is 5.54. The fraction of sp³-hybridized carbons (Fsp3) is 0.632. The largest absolute Gasteiger partial charge is 0.463 e. The van der Waals surface area contributed by atoms with Gasteiger partial charge in [0.1, 0.15) is 6.10 Å². The minimum Gasteiger partial charge on any atom is -0.463 e. The number of aliphatic hydroxyl groups excluding tert-OH is 1. The van der Waals surface area contributed by atoms with Crippen molar-refractivity contribution in [3.05, 3.63) is 35.9 Å². The summed E-state index contributed by atoms with van der Waals surface area (Å²) in [7, 11) is 0. The molecule has 0 radical (unpaired) electrons. The van der Waals surface area contributed by atoms with Crippen LogP contribution in [-0.2, 0) is 15.1 Å². The van der Waals surface area contributed by atoms with Crippen molar-refractivity contribution in [3.8, 4) is 0 Å². The van der Waals surface area contributed by atoms with Crippen molar-refractivity contribution in [2.75, 3.05) is 19.7 Å². The molecule has 2 aliphatic rings. The van der Waals surface area contributed by atoms with Gasteiger partial charge in [-0.15, -0.1) is 0 Å². The molecule has 1 saturated heterocycles. The summed E-state index contributed by atoms with van der Waals surface area (Å²) in [6.07, 6.45) is -1.28. The summed E-state index contributed by atoms with van der Waals surface area (Å²) in [5, 5.41) is 24.0. The van der Waals surface area contributed by atoms with E-state index in [0.29, 0.717) is 0 Å². The van der Waals surface area contributed by atoms with E-state index >= 15 is 0 Å². The number of halogens is 2. The summed E-state index contributed by atoms with van der Waals surface area (Å²) in [5.41, 5.74) is -1.99. The molecule has 1 aliphatic heterocycles. The lowest BCUT2D eigenvalue weighted by atomic mass is 9.80. The second-order valence-corrected chi connectivity index (χ2v) is 7.34.